The highest BCUT2D eigenvalue weighted by molar-refractivity contribution is 7.88. The largest absolute Gasteiger partial charge is 0.354 e. The molecule has 1 aliphatic heterocycles. The standard InChI is InChI=1S/C15H22N4O2S/c1-12-7-13-9-16-11-18(13)14(8-12)17-5-6-19(22(4,20)21)15(2,3)10-17/h7-9,11H,5-6,10H2,1-4H3. The SMILES string of the molecule is Cc1cc(N2CCN(S(C)(=O)=O)C(C)(C)C2)n2cncc2c1. The summed E-state index contributed by atoms with van der Waals surface area (Å²) in [7, 11) is -3.19. The summed E-state index contributed by atoms with van der Waals surface area (Å²) in [4.78, 5) is 6.46. The lowest BCUT2D eigenvalue weighted by molar-refractivity contribution is 0.205. The molecule has 6 nitrogen and oxygen atoms in total. The lowest BCUT2D eigenvalue weighted by atomic mass is 10.0. The fraction of sp³-hybridized carbons (Fsp3) is 0.533. The van der Waals surface area contributed by atoms with E-state index in [0.29, 0.717) is 19.6 Å². The summed E-state index contributed by atoms with van der Waals surface area (Å²) in [5.41, 5.74) is 1.78. The molecule has 7 heteroatoms. The van der Waals surface area contributed by atoms with Gasteiger partial charge in [-0.2, -0.15) is 4.31 Å². The van der Waals surface area contributed by atoms with E-state index in [-0.39, 0.29) is 0 Å². The summed E-state index contributed by atoms with van der Waals surface area (Å²) in [6.07, 6.45) is 4.93. The third-order valence-corrected chi connectivity index (χ3v) is 5.67. The first-order valence-electron chi connectivity index (χ1n) is 7.34. The van der Waals surface area contributed by atoms with Crippen molar-refractivity contribution in [3.63, 3.8) is 0 Å². The molecule has 0 atom stereocenters. The van der Waals surface area contributed by atoms with Crippen LogP contribution in [0.15, 0.2) is 24.7 Å². The van der Waals surface area contributed by atoms with Crippen LogP contribution in [0.2, 0.25) is 0 Å². The normalized spacial score (nSPS) is 19.7. The Bertz CT molecular complexity index is 810. The number of fused-ring (bicyclic) bond motifs is 1. The Morgan fingerprint density at radius 3 is 2.59 bits per heavy atom. The lowest BCUT2D eigenvalue weighted by Gasteiger charge is -2.46. The van der Waals surface area contributed by atoms with E-state index in [1.54, 1.807) is 10.6 Å². The molecule has 3 heterocycles. The number of hydrogen-bond acceptors (Lipinski definition) is 4. The van der Waals surface area contributed by atoms with Crippen LogP contribution in [0.25, 0.3) is 5.52 Å². The van der Waals surface area contributed by atoms with Crippen LogP contribution in [0.5, 0.6) is 0 Å². The van der Waals surface area contributed by atoms with Crippen molar-refractivity contribution in [2.45, 2.75) is 26.3 Å². The van der Waals surface area contributed by atoms with Gasteiger partial charge in [0.1, 0.15) is 12.1 Å². The Morgan fingerprint density at radius 2 is 1.95 bits per heavy atom. The molecule has 120 valence electrons. The van der Waals surface area contributed by atoms with Crippen molar-refractivity contribution in [1.29, 1.82) is 0 Å². The van der Waals surface area contributed by atoms with E-state index >= 15 is 0 Å². The maximum atomic E-state index is 12.0. The van der Waals surface area contributed by atoms with Gasteiger partial charge >= 0.3 is 0 Å². The number of aromatic nitrogens is 2. The zero-order valence-corrected chi connectivity index (χ0v) is 14.3. The third-order valence-electron chi connectivity index (χ3n) is 4.20. The molecular weight excluding hydrogens is 300 g/mol. The first-order valence-corrected chi connectivity index (χ1v) is 9.19. The Hall–Kier alpha value is -1.60. The number of sulfonamides is 1. The fourth-order valence-corrected chi connectivity index (χ4v) is 4.71. The first-order chi connectivity index (χ1) is 10.2. The second-order valence-electron chi connectivity index (χ2n) is 6.65. The summed E-state index contributed by atoms with van der Waals surface area (Å²) in [5.74, 6) is 1.06. The van der Waals surface area contributed by atoms with E-state index in [0.717, 1.165) is 11.3 Å². The average molecular weight is 322 g/mol. The van der Waals surface area contributed by atoms with E-state index in [9.17, 15) is 8.42 Å². The molecule has 2 aromatic rings. The summed E-state index contributed by atoms with van der Waals surface area (Å²) >= 11 is 0. The van der Waals surface area contributed by atoms with E-state index < -0.39 is 15.6 Å². The maximum Gasteiger partial charge on any atom is 0.211 e. The number of piperazine rings is 1. The van der Waals surface area contributed by atoms with Crippen LogP contribution in [-0.4, -0.2) is 53.5 Å². The molecule has 0 N–H and O–H groups in total. The van der Waals surface area contributed by atoms with Crippen molar-refractivity contribution in [1.82, 2.24) is 13.7 Å². The third kappa shape index (κ3) is 2.59. The zero-order chi connectivity index (χ0) is 16.1. The number of pyridine rings is 1. The molecule has 1 aliphatic rings. The smallest absolute Gasteiger partial charge is 0.211 e. The number of nitrogens with zero attached hydrogens (tertiary/aromatic N) is 4. The average Bonchev–Trinajstić information content (AvgIpc) is 2.82. The molecule has 1 fully saturated rings. The molecule has 0 saturated carbocycles. The highest BCUT2D eigenvalue weighted by Crippen LogP contribution is 2.28. The van der Waals surface area contributed by atoms with Crippen LogP contribution in [0.3, 0.4) is 0 Å². The quantitative estimate of drug-likeness (QED) is 0.841. The molecule has 2 aromatic heterocycles. The molecule has 22 heavy (non-hydrogen) atoms. The van der Waals surface area contributed by atoms with Gasteiger partial charge < -0.3 is 4.90 Å². The minimum absolute atomic E-state index is 0.442. The monoisotopic (exact) mass is 322 g/mol. The van der Waals surface area contributed by atoms with Gasteiger partial charge in [-0.1, -0.05) is 0 Å². The number of aryl methyl sites for hydroxylation is 1. The van der Waals surface area contributed by atoms with E-state index in [1.165, 1.54) is 11.8 Å². The molecule has 0 aromatic carbocycles. The van der Waals surface area contributed by atoms with Gasteiger partial charge in [-0.15, -0.1) is 0 Å². The van der Waals surface area contributed by atoms with Crippen molar-refractivity contribution in [2.24, 2.45) is 0 Å². The molecular formula is C15H22N4O2S. The zero-order valence-electron chi connectivity index (χ0n) is 13.4. The molecule has 0 unspecified atom stereocenters. The molecule has 0 amide bonds. The molecule has 0 spiro atoms. The number of rotatable bonds is 2. The van der Waals surface area contributed by atoms with E-state index in [1.807, 2.05) is 20.0 Å². The fourth-order valence-electron chi connectivity index (χ4n) is 3.34. The topological polar surface area (TPSA) is 57.9 Å². The van der Waals surface area contributed by atoms with Crippen molar-refractivity contribution in [3.8, 4) is 0 Å². The van der Waals surface area contributed by atoms with Gasteiger partial charge in [-0.05, 0) is 38.5 Å². The number of hydrogen-bond donors (Lipinski definition) is 0. The van der Waals surface area contributed by atoms with Gasteiger partial charge in [0.2, 0.25) is 10.0 Å². The van der Waals surface area contributed by atoms with Crippen molar-refractivity contribution in [2.75, 3.05) is 30.8 Å². The van der Waals surface area contributed by atoms with Crippen LogP contribution in [-0.2, 0) is 10.0 Å². The summed E-state index contributed by atoms with van der Waals surface area (Å²) in [6, 6.07) is 4.22. The van der Waals surface area contributed by atoms with Crippen molar-refractivity contribution < 1.29 is 8.42 Å². The highest BCUT2D eigenvalue weighted by atomic mass is 32.2. The predicted octanol–water partition coefficient (Wildman–Crippen LogP) is 1.50. The Kier molecular flexibility index (Phi) is 3.45. The Labute approximate surface area is 131 Å². The summed E-state index contributed by atoms with van der Waals surface area (Å²) in [5, 5.41) is 0. The van der Waals surface area contributed by atoms with Gasteiger partial charge in [0.25, 0.3) is 0 Å². The maximum absolute atomic E-state index is 12.0. The molecule has 1 saturated heterocycles. The van der Waals surface area contributed by atoms with E-state index in [2.05, 4.69) is 33.3 Å². The highest BCUT2D eigenvalue weighted by Gasteiger charge is 2.39. The lowest BCUT2D eigenvalue weighted by Crippen LogP contribution is -2.61. The van der Waals surface area contributed by atoms with E-state index in [4.69, 9.17) is 0 Å². The molecule has 0 radical (unpaired) electrons. The van der Waals surface area contributed by atoms with Gasteiger partial charge in [0.15, 0.2) is 0 Å². The van der Waals surface area contributed by atoms with Crippen molar-refractivity contribution >= 4 is 21.4 Å². The minimum atomic E-state index is -3.19. The van der Waals surface area contributed by atoms with Gasteiger partial charge in [0.05, 0.1) is 18.0 Å². The minimum Gasteiger partial charge on any atom is -0.354 e. The van der Waals surface area contributed by atoms with Gasteiger partial charge in [0, 0.05) is 25.2 Å². The first kappa shape index (κ1) is 15.3. The van der Waals surface area contributed by atoms with Crippen molar-refractivity contribution in [3.05, 3.63) is 30.2 Å². The van der Waals surface area contributed by atoms with Crippen LogP contribution in [0.1, 0.15) is 19.4 Å². The van der Waals surface area contributed by atoms with Crippen LogP contribution in [0, 0.1) is 6.92 Å². The summed E-state index contributed by atoms with van der Waals surface area (Å²) in [6.45, 7) is 7.83. The Balaban J connectivity index is 1.99. The predicted molar refractivity (Wildman–Crippen MR) is 87.8 cm³/mol. The number of anilines is 1. The van der Waals surface area contributed by atoms with Gasteiger partial charge in [-0.3, -0.25) is 4.40 Å². The second-order valence-corrected chi connectivity index (χ2v) is 8.56. The summed E-state index contributed by atoms with van der Waals surface area (Å²) < 4.78 is 27.6. The molecule has 0 bridgehead atoms. The van der Waals surface area contributed by atoms with Crippen LogP contribution in [0.4, 0.5) is 5.82 Å². The molecule has 0 aliphatic carbocycles. The van der Waals surface area contributed by atoms with Gasteiger partial charge in [-0.25, -0.2) is 13.4 Å². The Morgan fingerprint density at radius 1 is 1.23 bits per heavy atom. The second kappa shape index (κ2) is 4.96. The number of imidazole rings is 1. The van der Waals surface area contributed by atoms with Crippen LogP contribution < -0.4 is 4.90 Å². The van der Waals surface area contributed by atoms with Crippen LogP contribution >= 0.6 is 0 Å². The molecule has 3 rings (SSSR count).